The number of rotatable bonds is 7. The van der Waals surface area contributed by atoms with Crippen LogP contribution in [0.25, 0.3) is 0 Å². The molecule has 5 heterocycles. The molecule has 2 fully saturated rings. The van der Waals surface area contributed by atoms with Crippen molar-refractivity contribution in [3.05, 3.63) is 40.4 Å². The molecule has 0 unspecified atom stereocenters. The molecule has 0 bridgehead atoms. The average Bonchev–Trinajstić information content (AvgIpc) is 3.95. The summed E-state index contributed by atoms with van der Waals surface area (Å²) in [5.41, 5.74) is 3.86. The van der Waals surface area contributed by atoms with Gasteiger partial charge in [-0.25, -0.2) is 14.8 Å². The highest BCUT2D eigenvalue weighted by atomic mass is 35.5. The molecule has 1 aromatic carbocycles. The van der Waals surface area contributed by atoms with Crippen LogP contribution in [0, 0.1) is 6.92 Å². The second-order valence-corrected chi connectivity index (χ2v) is 14.8. The summed E-state index contributed by atoms with van der Waals surface area (Å²) in [6.45, 7) is 6.42. The Balaban J connectivity index is 0.000000179. The van der Waals surface area contributed by atoms with Crippen molar-refractivity contribution in [3.63, 3.8) is 0 Å². The fourth-order valence-corrected chi connectivity index (χ4v) is 9.04. The smallest absolute Gasteiger partial charge is 0.336 e. The van der Waals surface area contributed by atoms with Gasteiger partial charge < -0.3 is 34.8 Å². The number of nitrogens with one attached hydrogen (secondary N) is 1. The van der Waals surface area contributed by atoms with Crippen LogP contribution in [-0.2, 0) is 16.0 Å². The van der Waals surface area contributed by atoms with E-state index in [0.29, 0.717) is 60.2 Å². The van der Waals surface area contributed by atoms with E-state index >= 15 is 0 Å². The molecule has 3 aliphatic heterocycles. The number of ether oxygens (including phenoxy) is 1. The summed E-state index contributed by atoms with van der Waals surface area (Å²) < 4.78 is 5.73. The van der Waals surface area contributed by atoms with Gasteiger partial charge in [0, 0.05) is 38.2 Å². The van der Waals surface area contributed by atoms with Crippen LogP contribution >= 0.6 is 11.6 Å². The molecule has 282 valence electrons. The Bertz CT molecular complexity index is 1910. The van der Waals surface area contributed by atoms with Gasteiger partial charge in [-0.3, -0.25) is 9.59 Å². The van der Waals surface area contributed by atoms with Gasteiger partial charge in [0.1, 0.15) is 29.2 Å². The van der Waals surface area contributed by atoms with E-state index in [0.717, 1.165) is 68.0 Å². The van der Waals surface area contributed by atoms with Gasteiger partial charge in [0.25, 0.3) is 0 Å². The number of halogens is 1. The first-order chi connectivity index (χ1) is 25.5. The zero-order valence-electron chi connectivity index (χ0n) is 31.1. The van der Waals surface area contributed by atoms with Gasteiger partial charge in [-0.1, -0.05) is 39.5 Å². The number of carboxylic acids is 1. The number of aromatic carboxylic acids is 1. The SMILES string of the molecule is CC[C@@H]1C(=O)N(C)c2c(C)nc(Cl)nc2N1C1CCCC1.CC[C@@H]1C(=O)N(C)c2cnc(Nc3ccc(C(=O)O)c4c3OCC4)nc2N1C1CCCC1. The van der Waals surface area contributed by atoms with Crippen molar-refractivity contribution >= 4 is 64.0 Å². The zero-order chi connectivity index (χ0) is 37.6. The van der Waals surface area contributed by atoms with Crippen LogP contribution < -0.4 is 29.7 Å². The van der Waals surface area contributed by atoms with Crippen molar-refractivity contribution in [2.24, 2.45) is 0 Å². The Morgan fingerprint density at radius 2 is 1.51 bits per heavy atom. The highest BCUT2D eigenvalue weighted by Crippen LogP contribution is 2.43. The van der Waals surface area contributed by atoms with Crippen LogP contribution in [0.2, 0.25) is 5.28 Å². The van der Waals surface area contributed by atoms with Crippen molar-refractivity contribution in [1.29, 1.82) is 0 Å². The minimum atomic E-state index is -0.964. The van der Waals surface area contributed by atoms with E-state index in [9.17, 15) is 19.5 Å². The Morgan fingerprint density at radius 3 is 2.11 bits per heavy atom. The number of carbonyl (C=O) groups excluding carboxylic acids is 2. The molecule has 0 radical (unpaired) electrons. The molecule has 15 heteroatoms. The van der Waals surface area contributed by atoms with Crippen molar-refractivity contribution in [2.75, 3.05) is 45.6 Å². The number of carbonyl (C=O) groups is 3. The maximum atomic E-state index is 13.0. The number of amides is 2. The van der Waals surface area contributed by atoms with E-state index in [1.54, 1.807) is 42.2 Å². The highest BCUT2D eigenvalue weighted by molar-refractivity contribution is 6.28. The lowest BCUT2D eigenvalue weighted by Crippen LogP contribution is -2.55. The lowest BCUT2D eigenvalue weighted by molar-refractivity contribution is -0.120. The van der Waals surface area contributed by atoms with Crippen molar-refractivity contribution < 1.29 is 24.2 Å². The molecular formula is C38H48ClN9O5. The third-order valence-corrected chi connectivity index (χ3v) is 11.6. The van der Waals surface area contributed by atoms with Gasteiger partial charge in [-0.2, -0.15) is 9.97 Å². The molecule has 0 spiro atoms. The predicted octanol–water partition coefficient (Wildman–Crippen LogP) is 6.30. The Hall–Kier alpha value is -4.72. The van der Waals surface area contributed by atoms with Crippen LogP contribution in [-0.4, -0.2) is 87.7 Å². The summed E-state index contributed by atoms with van der Waals surface area (Å²) in [5, 5.41) is 12.9. The first-order valence-corrected chi connectivity index (χ1v) is 19.2. The quantitative estimate of drug-likeness (QED) is 0.261. The molecule has 5 aliphatic rings. The molecule has 2 aromatic heterocycles. The van der Waals surface area contributed by atoms with Gasteiger partial charge >= 0.3 is 5.97 Å². The van der Waals surface area contributed by atoms with E-state index in [1.807, 2.05) is 13.8 Å². The molecule has 2 saturated carbocycles. The van der Waals surface area contributed by atoms with Gasteiger partial charge in [-0.05, 0) is 69.2 Å². The first-order valence-electron chi connectivity index (χ1n) is 18.9. The van der Waals surface area contributed by atoms with Crippen LogP contribution in [0.15, 0.2) is 18.3 Å². The number of benzene rings is 1. The monoisotopic (exact) mass is 745 g/mol. The minimum Gasteiger partial charge on any atom is -0.491 e. The lowest BCUT2D eigenvalue weighted by atomic mass is 10.0. The van der Waals surface area contributed by atoms with Gasteiger partial charge in [-0.15, -0.1) is 0 Å². The summed E-state index contributed by atoms with van der Waals surface area (Å²) in [6, 6.07) is 3.58. The Morgan fingerprint density at radius 1 is 0.906 bits per heavy atom. The first kappa shape index (κ1) is 36.6. The molecule has 2 amide bonds. The normalized spacial score (nSPS) is 21.2. The summed E-state index contributed by atoms with van der Waals surface area (Å²) in [6.07, 6.45) is 12.8. The average molecular weight is 746 g/mol. The van der Waals surface area contributed by atoms with Gasteiger partial charge in [0.15, 0.2) is 11.6 Å². The molecular weight excluding hydrogens is 698 g/mol. The third kappa shape index (κ3) is 6.59. The second-order valence-electron chi connectivity index (χ2n) is 14.5. The van der Waals surface area contributed by atoms with Crippen molar-refractivity contribution in [3.8, 4) is 5.75 Å². The van der Waals surface area contributed by atoms with Gasteiger partial charge in [0.05, 0.1) is 29.7 Å². The predicted molar refractivity (Wildman–Crippen MR) is 204 cm³/mol. The topological polar surface area (TPSA) is 157 Å². The number of aromatic nitrogens is 4. The second kappa shape index (κ2) is 15.0. The van der Waals surface area contributed by atoms with Crippen molar-refractivity contribution in [1.82, 2.24) is 19.9 Å². The molecule has 0 saturated heterocycles. The van der Waals surface area contributed by atoms with E-state index in [-0.39, 0.29) is 34.7 Å². The fraction of sp³-hybridized carbons (Fsp3) is 0.553. The third-order valence-electron chi connectivity index (χ3n) is 11.4. The maximum absolute atomic E-state index is 13.0. The van der Waals surface area contributed by atoms with E-state index in [4.69, 9.17) is 21.3 Å². The van der Waals surface area contributed by atoms with E-state index in [1.165, 1.54) is 12.8 Å². The standard InChI is InChI=1S/C23H27N5O4.C15H21ClN4O/c1-3-17-21(29)27(2)18-12-24-23(26-20(18)28(17)13-6-4-5-7-13)25-16-9-8-15(22(30)31)14-10-11-32-19(14)16;1-4-11-14(21)19(3)12-9(2)17-15(16)18-13(12)20(11)10-7-5-6-8-10/h8-9,12-13,17H,3-7,10-11H2,1-2H3,(H,30,31)(H,24,25,26);10-11H,4-8H2,1-3H3/t17-;11-/m11/s1. The summed E-state index contributed by atoms with van der Waals surface area (Å²) in [5.74, 6) is 1.77. The van der Waals surface area contributed by atoms with Crippen LogP contribution in [0.1, 0.15) is 99.7 Å². The molecule has 8 rings (SSSR count). The van der Waals surface area contributed by atoms with E-state index < -0.39 is 5.97 Å². The minimum absolute atomic E-state index is 0.0756. The zero-order valence-corrected chi connectivity index (χ0v) is 31.8. The van der Waals surface area contributed by atoms with Crippen LogP contribution in [0.5, 0.6) is 5.75 Å². The number of fused-ring (bicyclic) bond motifs is 3. The Kier molecular flexibility index (Phi) is 10.3. The summed E-state index contributed by atoms with van der Waals surface area (Å²) in [7, 11) is 3.58. The van der Waals surface area contributed by atoms with Crippen LogP contribution in [0.3, 0.4) is 0 Å². The lowest BCUT2D eigenvalue weighted by Gasteiger charge is -2.44. The molecule has 2 N–H and O–H groups in total. The van der Waals surface area contributed by atoms with Crippen LogP contribution in [0.4, 0.5) is 34.6 Å². The molecule has 53 heavy (non-hydrogen) atoms. The fourth-order valence-electron chi connectivity index (χ4n) is 8.83. The number of aryl methyl sites for hydroxylation is 1. The molecule has 2 aliphatic carbocycles. The molecule has 14 nitrogen and oxygen atoms in total. The van der Waals surface area contributed by atoms with Gasteiger partial charge in [0.2, 0.25) is 23.0 Å². The summed E-state index contributed by atoms with van der Waals surface area (Å²) >= 11 is 6.08. The molecule has 2 atom stereocenters. The number of carboxylic acid groups (broad SMARTS) is 1. The summed E-state index contributed by atoms with van der Waals surface area (Å²) in [4.78, 5) is 63.0. The molecule has 3 aromatic rings. The van der Waals surface area contributed by atoms with E-state index in [2.05, 4.69) is 37.0 Å². The maximum Gasteiger partial charge on any atom is 0.336 e. The van der Waals surface area contributed by atoms with Crippen molar-refractivity contribution in [2.45, 2.75) is 116 Å². The number of likely N-dealkylation sites (N-methyl/N-ethyl adjacent to an activating group) is 2. The number of nitrogens with zero attached hydrogens (tertiary/aromatic N) is 8. The largest absolute Gasteiger partial charge is 0.491 e. The Labute approximate surface area is 314 Å². The number of hydrogen-bond donors (Lipinski definition) is 2. The number of hydrogen-bond acceptors (Lipinski definition) is 11. The number of anilines is 6. The highest BCUT2D eigenvalue weighted by Gasteiger charge is 2.43.